The molecular weight excluding hydrogens is 197 g/mol. The highest BCUT2D eigenvalue weighted by Gasteiger charge is 2.16. The minimum absolute atomic E-state index is 0.0200. The molecule has 0 unspecified atom stereocenters. The third-order valence-electron chi connectivity index (χ3n) is 1.87. The molecule has 0 saturated carbocycles. The van der Waals surface area contributed by atoms with E-state index in [2.05, 4.69) is 4.74 Å². The van der Waals surface area contributed by atoms with E-state index in [1.54, 1.807) is 19.9 Å². The van der Waals surface area contributed by atoms with Gasteiger partial charge in [0, 0.05) is 5.56 Å². The molecule has 0 aliphatic carbocycles. The second-order valence-electron chi connectivity index (χ2n) is 3.08. The second-order valence-corrected chi connectivity index (χ2v) is 3.08. The Kier molecular flexibility index (Phi) is 3.55. The van der Waals surface area contributed by atoms with Crippen molar-refractivity contribution in [2.45, 2.75) is 13.8 Å². The highest BCUT2D eigenvalue weighted by molar-refractivity contribution is 6.42. The molecule has 0 spiro atoms. The van der Waals surface area contributed by atoms with Crippen LogP contribution >= 0.6 is 0 Å². The van der Waals surface area contributed by atoms with Crippen molar-refractivity contribution in [3.63, 3.8) is 0 Å². The first-order chi connectivity index (χ1) is 7.06. The molecule has 15 heavy (non-hydrogen) atoms. The number of aryl methyl sites for hydroxylation is 1. The Balaban J connectivity index is 3.00. The Morgan fingerprint density at radius 1 is 1.53 bits per heavy atom. The Labute approximate surface area is 87.4 Å². The summed E-state index contributed by atoms with van der Waals surface area (Å²) in [5.41, 5.74) is 0.326. The molecule has 1 aromatic rings. The zero-order chi connectivity index (χ0) is 11.4. The van der Waals surface area contributed by atoms with Crippen molar-refractivity contribution in [1.82, 2.24) is 0 Å². The molecule has 0 amide bonds. The summed E-state index contributed by atoms with van der Waals surface area (Å²) in [5.74, 6) is -1.39. The van der Waals surface area contributed by atoms with Gasteiger partial charge in [-0.2, -0.15) is 0 Å². The van der Waals surface area contributed by atoms with Gasteiger partial charge in [0.2, 0.25) is 0 Å². The number of hydrogen-bond donors (Lipinski definition) is 1. The van der Waals surface area contributed by atoms with E-state index >= 15 is 0 Å². The molecule has 1 rings (SSSR count). The molecule has 1 N–H and O–H groups in total. The predicted octanol–water partition coefficient (Wildman–Crippen LogP) is 2.07. The Hall–Kier alpha value is -1.71. The summed E-state index contributed by atoms with van der Waals surface area (Å²) >= 11 is 0. The zero-order valence-corrected chi connectivity index (χ0v) is 8.63. The Bertz CT molecular complexity index is 402. The molecule has 0 heterocycles. The monoisotopic (exact) mass is 209 g/mol. The summed E-state index contributed by atoms with van der Waals surface area (Å²) < 4.78 is 17.9. The van der Waals surface area contributed by atoms with Crippen LogP contribution in [0.25, 0.3) is 0 Å². The first-order valence-electron chi connectivity index (χ1n) is 4.58. The molecule has 1 aromatic carbocycles. The van der Waals surface area contributed by atoms with Gasteiger partial charge in [-0.1, -0.05) is 11.6 Å². The maximum absolute atomic E-state index is 13.3. The van der Waals surface area contributed by atoms with Crippen molar-refractivity contribution in [2.24, 2.45) is 0 Å². The molecule has 0 atom stereocenters. The summed E-state index contributed by atoms with van der Waals surface area (Å²) in [6, 6.07) is 4.27. The number of carbonyl (C=O) groups is 1. The third kappa shape index (κ3) is 2.62. The first-order valence-corrected chi connectivity index (χ1v) is 4.58. The van der Waals surface area contributed by atoms with Crippen LogP contribution in [0.5, 0.6) is 0 Å². The van der Waals surface area contributed by atoms with Crippen LogP contribution in [0.15, 0.2) is 18.2 Å². The SMILES string of the molecule is CCOC(=O)C(=N)c1cc(C)ccc1F. The van der Waals surface area contributed by atoms with Crippen molar-refractivity contribution in [3.05, 3.63) is 35.1 Å². The fraction of sp³-hybridized carbons (Fsp3) is 0.273. The fourth-order valence-electron chi connectivity index (χ4n) is 1.14. The minimum Gasteiger partial charge on any atom is -0.461 e. The molecule has 0 aliphatic rings. The van der Waals surface area contributed by atoms with Gasteiger partial charge >= 0.3 is 5.97 Å². The maximum Gasteiger partial charge on any atom is 0.356 e. The molecule has 4 heteroatoms. The number of carbonyl (C=O) groups excluding carboxylic acids is 1. The van der Waals surface area contributed by atoms with Gasteiger partial charge in [-0.05, 0) is 26.0 Å². The standard InChI is InChI=1S/C11H12FNO2/c1-3-15-11(14)10(13)8-6-7(2)4-5-9(8)12/h4-6,13H,3H2,1-2H3. The maximum atomic E-state index is 13.3. The average molecular weight is 209 g/mol. The summed E-state index contributed by atoms with van der Waals surface area (Å²) in [6.45, 7) is 3.58. The Morgan fingerprint density at radius 2 is 2.20 bits per heavy atom. The lowest BCUT2D eigenvalue weighted by atomic mass is 10.1. The fourth-order valence-corrected chi connectivity index (χ4v) is 1.14. The number of esters is 1. The molecule has 0 saturated heterocycles. The molecule has 0 aliphatic heterocycles. The lowest BCUT2D eigenvalue weighted by molar-refractivity contribution is -0.135. The minimum atomic E-state index is -0.804. The lowest BCUT2D eigenvalue weighted by Gasteiger charge is -2.05. The smallest absolute Gasteiger partial charge is 0.356 e. The molecule has 0 radical (unpaired) electrons. The van der Waals surface area contributed by atoms with Gasteiger partial charge in [0.1, 0.15) is 11.5 Å². The second kappa shape index (κ2) is 4.68. The van der Waals surface area contributed by atoms with E-state index in [9.17, 15) is 9.18 Å². The molecular formula is C11H12FNO2. The number of rotatable bonds is 3. The third-order valence-corrected chi connectivity index (χ3v) is 1.87. The van der Waals surface area contributed by atoms with Gasteiger partial charge < -0.3 is 4.74 Å². The van der Waals surface area contributed by atoms with Crippen LogP contribution in [0.1, 0.15) is 18.1 Å². The molecule has 3 nitrogen and oxygen atoms in total. The van der Waals surface area contributed by atoms with Crippen molar-refractivity contribution in [2.75, 3.05) is 6.61 Å². The lowest BCUT2D eigenvalue weighted by Crippen LogP contribution is -2.18. The first kappa shape index (κ1) is 11.4. The zero-order valence-electron chi connectivity index (χ0n) is 8.63. The van der Waals surface area contributed by atoms with Gasteiger partial charge in [0.05, 0.1) is 6.61 Å². The van der Waals surface area contributed by atoms with E-state index < -0.39 is 17.5 Å². The van der Waals surface area contributed by atoms with Gasteiger partial charge in [0.25, 0.3) is 0 Å². The summed E-state index contributed by atoms with van der Waals surface area (Å²) in [7, 11) is 0. The van der Waals surface area contributed by atoms with Crippen LogP contribution < -0.4 is 0 Å². The number of halogens is 1. The van der Waals surface area contributed by atoms with E-state index in [0.717, 1.165) is 5.56 Å². The highest BCUT2D eigenvalue weighted by atomic mass is 19.1. The topological polar surface area (TPSA) is 50.2 Å². The van der Waals surface area contributed by atoms with Crippen LogP contribution in [-0.2, 0) is 9.53 Å². The van der Waals surface area contributed by atoms with Crippen LogP contribution in [0.3, 0.4) is 0 Å². The van der Waals surface area contributed by atoms with Crippen LogP contribution in [0, 0.1) is 18.2 Å². The van der Waals surface area contributed by atoms with Gasteiger partial charge in [0.15, 0.2) is 0 Å². The summed E-state index contributed by atoms with van der Waals surface area (Å²) in [4.78, 5) is 11.2. The van der Waals surface area contributed by atoms with Crippen molar-refractivity contribution in [3.8, 4) is 0 Å². The molecule has 0 fully saturated rings. The quantitative estimate of drug-likeness (QED) is 0.612. The van der Waals surface area contributed by atoms with E-state index in [1.165, 1.54) is 12.1 Å². The van der Waals surface area contributed by atoms with E-state index in [4.69, 9.17) is 5.41 Å². The van der Waals surface area contributed by atoms with Crippen LogP contribution in [0.2, 0.25) is 0 Å². The van der Waals surface area contributed by atoms with Gasteiger partial charge in [-0.3, -0.25) is 5.41 Å². The largest absolute Gasteiger partial charge is 0.461 e. The highest BCUT2D eigenvalue weighted by Crippen LogP contribution is 2.11. The summed E-state index contributed by atoms with van der Waals surface area (Å²) in [5, 5.41) is 7.46. The number of benzene rings is 1. The number of nitrogens with one attached hydrogen (secondary N) is 1. The number of ether oxygens (including phenoxy) is 1. The Morgan fingerprint density at radius 3 is 2.80 bits per heavy atom. The normalized spacial score (nSPS) is 9.80. The predicted molar refractivity (Wildman–Crippen MR) is 54.6 cm³/mol. The molecule has 0 bridgehead atoms. The van der Waals surface area contributed by atoms with Gasteiger partial charge in [-0.15, -0.1) is 0 Å². The number of hydrogen-bond acceptors (Lipinski definition) is 3. The van der Waals surface area contributed by atoms with Crippen molar-refractivity contribution in [1.29, 1.82) is 5.41 Å². The van der Waals surface area contributed by atoms with Crippen molar-refractivity contribution < 1.29 is 13.9 Å². The summed E-state index contributed by atoms with van der Waals surface area (Å²) in [6.07, 6.45) is 0. The van der Waals surface area contributed by atoms with E-state index in [1.807, 2.05) is 0 Å². The molecule has 0 aromatic heterocycles. The van der Waals surface area contributed by atoms with Crippen molar-refractivity contribution >= 4 is 11.7 Å². The van der Waals surface area contributed by atoms with Crippen LogP contribution in [-0.4, -0.2) is 18.3 Å². The molecule has 80 valence electrons. The average Bonchev–Trinajstić information content (AvgIpc) is 2.21. The van der Waals surface area contributed by atoms with Crippen LogP contribution in [0.4, 0.5) is 4.39 Å². The van der Waals surface area contributed by atoms with E-state index in [-0.39, 0.29) is 12.2 Å². The van der Waals surface area contributed by atoms with Gasteiger partial charge in [-0.25, -0.2) is 9.18 Å². The van der Waals surface area contributed by atoms with E-state index in [0.29, 0.717) is 0 Å².